The molecular formula is C15H18FN3. The van der Waals surface area contributed by atoms with Gasteiger partial charge in [-0.1, -0.05) is 25.1 Å². The highest BCUT2D eigenvalue weighted by atomic mass is 19.1. The number of hydrogen-bond donors (Lipinski definition) is 1. The highest BCUT2D eigenvalue weighted by molar-refractivity contribution is 5.21. The molecule has 0 saturated heterocycles. The maximum atomic E-state index is 13.6. The number of aromatic nitrogens is 2. The highest BCUT2D eigenvalue weighted by Crippen LogP contribution is 2.11. The molecule has 0 bridgehead atoms. The molecule has 1 atom stereocenters. The van der Waals surface area contributed by atoms with Gasteiger partial charge in [0.1, 0.15) is 11.6 Å². The molecule has 2 aromatic rings. The third-order valence-corrected chi connectivity index (χ3v) is 3.07. The first-order valence-electron chi connectivity index (χ1n) is 6.48. The fourth-order valence-electron chi connectivity index (χ4n) is 1.87. The van der Waals surface area contributed by atoms with E-state index in [9.17, 15) is 4.39 Å². The van der Waals surface area contributed by atoms with Gasteiger partial charge in [-0.2, -0.15) is 0 Å². The average Bonchev–Trinajstić information content (AvgIpc) is 2.42. The minimum absolute atomic E-state index is 0.108. The van der Waals surface area contributed by atoms with Crippen LogP contribution >= 0.6 is 0 Å². The topological polar surface area (TPSA) is 51.8 Å². The molecule has 19 heavy (non-hydrogen) atoms. The van der Waals surface area contributed by atoms with Crippen LogP contribution in [0.2, 0.25) is 0 Å². The fourth-order valence-corrected chi connectivity index (χ4v) is 1.87. The van der Waals surface area contributed by atoms with E-state index in [4.69, 9.17) is 5.73 Å². The van der Waals surface area contributed by atoms with Crippen LogP contribution in [0, 0.1) is 5.82 Å². The fraction of sp³-hybridized carbons (Fsp3) is 0.333. The lowest BCUT2D eigenvalue weighted by Crippen LogP contribution is -2.22. The lowest BCUT2D eigenvalue weighted by molar-refractivity contribution is 0.610. The molecule has 0 aliphatic rings. The van der Waals surface area contributed by atoms with Crippen molar-refractivity contribution >= 4 is 0 Å². The quantitative estimate of drug-likeness (QED) is 0.897. The summed E-state index contributed by atoms with van der Waals surface area (Å²) in [5.41, 5.74) is 7.43. The van der Waals surface area contributed by atoms with Crippen molar-refractivity contribution in [2.75, 3.05) is 0 Å². The van der Waals surface area contributed by atoms with Crippen molar-refractivity contribution in [1.29, 1.82) is 0 Å². The van der Waals surface area contributed by atoms with Crippen molar-refractivity contribution in [2.45, 2.75) is 32.2 Å². The summed E-state index contributed by atoms with van der Waals surface area (Å²) in [6, 6.07) is 8.66. The van der Waals surface area contributed by atoms with Crippen molar-refractivity contribution in [1.82, 2.24) is 9.97 Å². The Morgan fingerprint density at radius 2 is 2.05 bits per heavy atom. The first kappa shape index (κ1) is 13.6. The van der Waals surface area contributed by atoms with Crippen molar-refractivity contribution in [3.8, 4) is 0 Å². The predicted molar refractivity (Wildman–Crippen MR) is 73.2 cm³/mol. The van der Waals surface area contributed by atoms with Crippen LogP contribution in [0.1, 0.15) is 30.4 Å². The highest BCUT2D eigenvalue weighted by Gasteiger charge is 2.07. The molecular weight excluding hydrogens is 241 g/mol. The Morgan fingerprint density at radius 1 is 1.26 bits per heavy atom. The number of rotatable bonds is 5. The molecule has 0 radical (unpaired) electrons. The van der Waals surface area contributed by atoms with E-state index in [1.807, 2.05) is 19.1 Å². The van der Waals surface area contributed by atoms with Crippen LogP contribution in [0.4, 0.5) is 4.39 Å². The first-order chi connectivity index (χ1) is 9.19. The largest absolute Gasteiger partial charge is 0.327 e. The normalized spacial score (nSPS) is 12.4. The van der Waals surface area contributed by atoms with Crippen LogP contribution in [0.15, 0.2) is 36.5 Å². The van der Waals surface area contributed by atoms with E-state index < -0.39 is 0 Å². The van der Waals surface area contributed by atoms with E-state index in [1.165, 1.54) is 6.07 Å². The van der Waals surface area contributed by atoms with E-state index in [1.54, 1.807) is 18.3 Å². The maximum Gasteiger partial charge on any atom is 0.133 e. The Morgan fingerprint density at radius 3 is 2.79 bits per heavy atom. The number of benzene rings is 1. The summed E-state index contributed by atoms with van der Waals surface area (Å²) in [6.07, 6.45) is 3.75. The summed E-state index contributed by atoms with van der Waals surface area (Å²) in [5.74, 6) is 0.410. The molecule has 1 unspecified atom stereocenters. The molecule has 1 aromatic heterocycles. The smallest absolute Gasteiger partial charge is 0.133 e. The molecule has 3 nitrogen and oxygen atoms in total. The second-order valence-corrected chi connectivity index (χ2v) is 4.60. The Labute approximate surface area is 112 Å². The van der Waals surface area contributed by atoms with Crippen LogP contribution in [0.3, 0.4) is 0 Å². The standard InChI is InChI=1S/C15H18FN3/c1-2-12(17)10-13-7-8-18-15(19-13)9-11-5-3-4-6-14(11)16/h3-8,12H,2,9-10,17H2,1H3. The van der Waals surface area contributed by atoms with Gasteiger partial charge in [-0.25, -0.2) is 14.4 Å². The zero-order valence-electron chi connectivity index (χ0n) is 11.0. The molecule has 0 fully saturated rings. The third-order valence-electron chi connectivity index (χ3n) is 3.07. The van der Waals surface area contributed by atoms with Gasteiger partial charge >= 0.3 is 0 Å². The van der Waals surface area contributed by atoms with Gasteiger partial charge in [0.05, 0.1) is 0 Å². The molecule has 1 aromatic carbocycles. The summed E-state index contributed by atoms with van der Waals surface area (Å²) in [4.78, 5) is 8.63. The van der Waals surface area contributed by atoms with Crippen molar-refractivity contribution in [2.24, 2.45) is 5.73 Å². The van der Waals surface area contributed by atoms with Gasteiger partial charge < -0.3 is 5.73 Å². The summed E-state index contributed by atoms with van der Waals surface area (Å²) in [5, 5.41) is 0. The second kappa shape index (κ2) is 6.38. The van der Waals surface area contributed by atoms with Gasteiger partial charge in [-0.3, -0.25) is 0 Å². The number of nitrogens with zero attached hydrogens (tertiary/aromatic N) is 2. The van der Waals surface area contributed by atoms with E-state index in [-0.39, 0.29) is 11.9 Å². The van der Waals surface area contributed by atoms with Crippen LogP contribution in [0.25, 0.3) is 0 Å². The molecule has 100 valence electrons. The first-order valence-corrected chi connectivity index (χ1v) is 6.48. The Balaban J connectivity index is 2.13. The monoisotopic (exact) mass is 259 g/mol. The van der Waals surface area contributed by atoms with Crippen LogP contribution in [-0.4, -0.2) is 16.0 Å². The molecule has 0 saturated carbocycles. The van der Waals surface area contributed by atoms with Crippen molar-refractivity contribution in [3.05, 3.63) is 59.4 Å². The SMILES string of the molecule is CCC(N)Cc1ccnc(Cc2ccccc2F)n1. The van der Waals surface area contributed by atoms with Crippen LogP contribution < -0.4 is 5.73 Å². The summed E-state index contributed by atoms with van der Waals surface area (Å²) in [7, 11) is 0. The molecule has 2 rings (SSSR count). The molecule has 2 N–H and O–H groups in total. The number of nitrogens with two attached hydrogens (primary N) is 1. The van der Waals surface area contributed by atoms with Gasteiger partial charge in [-0.15, -0.1) is 0 Å². The van der Waals surface area contributed by atoms with E-state index in [0.717, 1.165) is 18.5 Å². The minimum atomic E-state index is -0.221. The average molecular weight is 259 g/mol. The molecule has 0 aliphatic carbocycles. The zero-order chi connectivity index (χ0) is 13.7. The summed E-state index contributed by atoms with van der Waals surface area (Å²) >= 11 is 0. The molecule has 0 aliphatic heterocycles. The minimum Gasteiger partial charge on any atom is -0.327 e. The van der Waals surface area contributed by atoms with Gasteiger partial charge in [-0.05, 0) is 24.1 Å². The van der Waals surface area contributed by atoms with Crippen LogP contribution in [0.5, 0.6) is 0 Å². The maximum absolute atomic E-state index is 13.6. The molecule has 0 spiro atoms. The molecule has 1 heterocycles. The van der Waals surface area contributed by atoms with Crippen molar-refractivity contribution in [3.63, 3.8) is 0 Å². The third kappa shape index (κ3) is 3.83. The molecule has 4 heteroatoms. The van der Waals surface area contributed by atoms with Crippen LogP contribution in [-0.2, 0) is 12.8 Å². The predicted octanol–water partition coefficient (Wildman–Crippen LogP) is 2.49. The Kier molecular flexibility index (Phi) is 4.58. The van der Waals surface area contributed by atoms with E-state index in [2.05, 4.69) is 9.97 Å². The summed E-state index contributed by atoms with van der Waals surface area (Å²) < 4.78 is 13.6. The Bertz CT molecular complexity index is 542. The van der Waals surface area contributed by atoms with E-state index >= 15 is 0 Å². The van der Waals surface area contributed by atoms with Crippen molar-refractivity contribution < 1.29 is 4.39 Å². The van der Waals surface area contributed by atoms with Gasteiger partial charge in [0.2, 0.25) is 0 Å². The molecule has 0 amide bonds. The van der Waals surface area contributed by atoms with Gasteiger partial charge in [0, 0.05) is 30.8 Å². The lowest BCUT2D eigenvalue weighted by Gasteiger charge is -2.09. The van der Waals surface area contributed by atoms with Gasteiger partial charge in [0.15, 0.2) is 0 Å². The van der Waals surface area contributed by atoms with E-state index in [0.29, 0.717) is 17.8 Å². The summed E-state index contributed by atoms with van der Waals surface area (Å²) in [6.45, 7) is 2.05. The zero-order valence-corrected chi connectivity index (χ0v) is 11.0. The Hall–Kier alpha value is -1.81. The lowest BCUT2D eigenvalue weighted by atomic mass is 10.1. The second-order valence-electron chi connectivity index (χ2n) is 4.60. The number of halogens is 1. The van der Waals surface area contributed by atoms with Gasteiger partial charge in [0.25, 0.3) is 0 Å². The number of hydrogen-bond acceptors (Lipinski definition) is 3.